The van der Waals surface area contributed by atoms with Gasteiger partial charge in [0.05, 0.1) is 19.9 Å². The van der Waals surface area contributed by atoms with Crippen molar-refractivity contribution in [2.75, 3.05) is 13.7 Å². The highest BCUT2D eigenvalue weighted by Crippen LogP contribution is 2.28. The zero-order chi connectivity index (χ0) is 14.2. The first kappa shape index (κ1) is 13.7. The third-order valence-electron chi connectivity index (χ3n) is 2.95. The van der Waals surface area contributed by atoms with Gasteiger partial charge in [0, 0.05) is 0 Å². The molecule has 9 heteroatoms. The Hall–Kier alpha value is -1.68. The first-order valence-electron chi connectivity index (χ1n) is 5.51. The van der Waals surface area contributed by atoms with Gasteiger partial charge in [0.15, 0.2) is 6.23 Å². The average molecular weight is 274 g/mol. The molecule has 0 amide bonds. The second kappa shape index (κ2) is 5.13. The van der Waals surface area contributed by atoms with E-state index in [1.54, 1.807) is 0 Å². The van der Waals surface area contributed by atoms with E-state index in [2.05, 4.69) is 0 Å². The summed E-state index contributed by atoms with van der Waals surface area (Å²) in [5.74, 6) is -0.141. The van der Waals surface area contributed by atoms with Gasteiger partial charge in [-0.1, -0.05) is 0 Å². The monoisotopic (exact) mass is 274 g/mol. The van der Waals surface area contributed by atoms with Gasteiger partial charge in [0.25, 0.3) is 5.56 Å². The van der Waals surface area contributed by atoms with Gasteiger partial charge in [-0.25, -0.2) is 4.79 Å². The molecule has 1 aliphatic heterocycles. The zero-order valence-corrected chi connectivity index (χ0v) is 10.0. The van der Waals surface area contributed by atoms with Crippen molar-refractivity contribution >= 4 is 0 Å². The summed E-state index contributed by atoms with van der Waals surface area (Å²) in [6.07, 6.45) is -3.90. The maximum absolute atomic E-state index is 11.7. The number of aromatic nitrogens is 2. The standard InChI is InChI=1S/C10H14N2O7/c1-18-4-2-12(10(17)11-8(4)16)9-7(15)6(14)5(3-13)19-9/h2,5-7,9,13-15H,3H2,1H3,(H,11,16,17)/t5?,6?,7?,9-/m1/s1. The van der Waals surface area contributed by atoms with Gasteiger partial charge in [-0.3, -0.25) is 14.3 Å². The molecule has 0 aromatic carbocycles. The summed E-state index contributed by atoms with van der Waals surface area (Å²) in [5.41, 5.74) is -1.53. The van der Waals surface area contributed by atoms with Crippen molar-refractivity contribution < 1.29 is 24.8 Å². The predicted octanol–water partition coefficient (Wildman–Crippen LogP) is -2.84. The molecule has 1 aromatic rings. The van der Waals surface area contributed by atoms with Crippen molar-refractivity contribution in [1.82, 2.24) is 9.55 Å². The fourth-order valence-electron chi connectivity index (χ4n) is 1.91. The molecule has 4 N–H and O–H groups in total. The number of H-pyrrole nitrogens is 1. The number of aromatic amines is 1. The summed E-state index contributed by atoms with van der Waals surface area (Å²) in [6, 6.07) is 0. The van der Waals surface area contributed by atoms with Crippen LogP contribution in [0, 0.1) is 0 Å². The number of rotatable bonds is 3. The fourth-order valence-corrected chi connectivity index (χ4v) is 1.91. The van der Waals surface area contributed by atoms with E-state index in [0.717, 1.165) is 10.8 Å². The maximum Gasteiger partial charge on any atom is 0.330 e. The van der Waals surface area contributed by atoms with Gasteiger partial charge in [0.1, 0.15) is 18.3 Å². The van der Waals surface area contributed by atoms with Gasteiger partial charge in [0.2, 0.25) is 5.75 Å². The summed E-state index contributed by atoms with van der Waals surface area (Å²) >= 11 is 0. The highest BCUT2D eigenvalue weighted by molar-refractivity contribution is 5.12. The van der Waals surface area contributed by atoms with E-state index < -0.39 is 42.4 Å². The molecule has 1 fully saturated rings. The lowest BCUT2D eigenvalue weighted by atomic mass is 10.1. The first-order valence-corrected chi connectivity index (χ1v) is 5.51. The van der Waals surface area contributed by atoms with E-state index in [-0.39, 0.29) is 5.75 Å². The molecule has 106 valence electrons. The second-order valence-corrected chi connectivity index (χ2v) is 4.09. The number of ether oxygens (including phenoxy) is 2. The number of aliphatic hydroxyl groups excluding tert-OH is 3. The van der Waals surface area contributed by atoms with Gasteiger partial charge < -0.3 is 24.8 Å². The summed E-state index contributed by atoms with van der Waals surface area (Å²) in [5, 5.41) is 28.4. The molecule has 3 unspecified atom stereocenters. The molecule has 2 heterocycles. The van der Waals surface area contributed by atoms with Crippen molar-refractivity contribution in [2.24, 2.45) is 0 Å². The van der Waals surface area contributed by atoms with E-state index in [4.69, 9.17) is 14.6 Å². The topological polar surface area (TPSA) is 134 Å². The van der Waals surface area contributed by atoms with Crippen LogP contribution in [-0.2, 0) is 4.74 Å². The largest absolute Gasteiger partial charge is 0.490 e. The summed E-state index contributed by atoms with van der Waals surface area (Å²) < 4.78 is 10.8. The molecule has 1 aliphatic rings. The predicted molar refractivity (Wildman–Crippen MR) is 60.9 cm³/mol. The Balaban J connectivity index is 2.43. The van der Waals surface area contributed by atoms with Crippen molar-refractivity contribution in [3.63, 3.8) is 0 Å². The number of hydrogen-bond acceptors (Lipinski definition) is 7. The lowest BCUT2D eigenvalue weighted by Crippen LogP contribution is -2.38. The summed E-state index contributed by atoms with van der Waals surface area (Å²) in [7, 11) is 1.25. The van der Waals surface area contributed by atoms with Crippen LogP contribution in [0.5, 0.6) is 5.75 Å². The molecule has 1 aromatic heterocycles. The average Bonchev–Trinajstić information content (AvgIpc) is 2.67. The van der Waals surface area contributed by atoms with Crippen LogP contribution in [0.4, 0.5) is 0 Å². The molecule has 0 spiro atoms. The minimum absolute atomic E-state index is 0.141. The van der Waals surface area contributed by atoms with E-state index in [1.165, 1.54) is 7.11 Å². The third-order valence-corrected chi connectivity index (χ3v) is 2.95. The molecule has 4 atom stereocenters. The Kier molecular flexibility index (Phi) is 3.71. The molecule has 0 radical (unpaired) electrons. The number of nitrogens with zero attached hydrogens (tertiary/aromatic N) is 1. The molecular formula is C10H14N2O7. The molecule has 1 saturated heterocycles. The Morgan fingerprint density at radius 1 is 1.42 bits per heavy atom. The van der Waals surface area contributed by atoms with Crippen molar-refractivity contribution in [1.29, 1.82) is 0 Å². The zero-order valence-electron chi connectivity index (χ0n) is 10.0. The van der Waals surface area contributed by atoms with Crippen LogP contribution >= 0.6 is 0 Å². The Morgan fingerprint density at radius 2 is 2.11 bits per heavy atom. The number of methoxy groups -OCH3 is 1. The van der Waals surface area contributed by atoms with Gasteiger partial charge in [-0.2, -0.15) is 0 Å². The van der Waals surface area contributed by atoms with E-state index in [0.29, 0.717) is 0 Å². The minimum Gasteiger partial charge on any atom is -0.490 e. The molecule has 0 saturated carbocycles. The highest BCUT2D eigenvalue weighted by Gasteiger charge is 2.43. The molecule has 0 bridgehead atoms. The SMILES string of the molecule is COc1cn([C@@H]2OC(CO)C(O)C2O)c(=O)[nH]c1=O. The Morgan fingerprint density at radius 3 is 2.63 bits per heavy atom. The van der Waals surface area contributed by atoms with E-state index >= 15 is 0 Å². The highest BCUT2D eigenvalue weighted by atomic mass is 16.6. The minimum atomic E-state index is -1.41. The molecule has 2 rings (SSSR count). The van der Waals surface area contributed by atoms with E-state index in [1.807, 2.05) is 4.98 Å². The lowest BCUT2D eigenvalue weighted by molar-refractivity contribution is -0.0552. The maximum atomic E-state index is 11.7. The number of hydrogen-bond donors (Lipinski definition) is 4. The van der Waals surface area contributed by atoms with Crippen LogP contribution < -0.4 is 16.0 Å². The number of nitrogens with one attached hydrogen (secondary N) is 1. The van der Waals surface area contributed by atoms with Crippen molar-refractivity contribution in [3.8, 4) is 5.75 Å². The van der Waals surface area contributed by atoms with Gasteiger partial charge in [-0.05, 0) is 0 Å². The van der Waals surface area contributed by atoms with Crippen LogP contribution in [0.15, 0.2) is 15.8 Å². The Bertz CT molecular complexity index is 566. The van der Waals surface area contributed by atoms with Crippen LogP contribution in [-0.4, -0.2) is 56.9 Å². The fraction of sp³-hybridized carbons (Fsp3) is 0.600. The molecule has 19 heavy (non-hydrogen) atoms. The summed E-state index contributed by atoms with van der Waals surface area (Å²) in [4.78, 5) is 25.0. The smallest absolute Gasteiger partial charge is 0.330 e. The van der Waals surface area contributed by atoms with Crippen LogP contribution in [0.3, 0.4) is 0 Å². The molecule has 0 aliphatic carbocycles. The van der Waals surface area contributed by atoms with Crippen LogP contribution in [0.1, 0.15) is 6.23 Å². The lowest BCUT2D eigenvalue weighted by Gasteiger charge is -2.17. The third kappa shape index (κ3) is 2.28. The quantitative estimate of drug-likeness (QED) is 0.466. The van der Waals surface area contributed by atoms with Gasteiger partial charge >= 0.3 is 5.69 Å². The van der Waals surface area contributed by atoms with Crippen LogP contribution in [0.2, 0.25) is 0 Å². The second-order valence-electron chi connectivity index (χ2n) is 4.09. The Labute approximate surface area is 106 Å². The number of aliphatic hydroxyl groups is 3. The van der Waals surface area contributed by atoms with Gasteiger partial charge in [-0.15, -0.1) is 0 Å². The van der Waals surface area contributed by atoms with Crippen molar-refractivity contribution in [2.45, 2.75) is 24.5 Å². The summed E-state index contributed by atoms with van der Waals surface area (Å²) in [6.45, 7) is -0.510. The molecule has 9 nitrogen and oxygen atoms in total. The molecular weight excluding hydrogens is 260 g/mol. The van der Waals surface area contributed by atoms with Crippen molar-refractivity contribution in [3.05, 3.63) is 27.0 Å². The van der Waals surface area contributed by atoms with Crippen LogP contribution in [0.25, 0.3) is 0 Å². The van der Waals surface area contributed by atoms with E-state index in [9.17, 15) is 19.8 Å². The normalized spacial score (nSPS) is 30.5. The first-order chi connectivity index (χ1) is 8.99.